The van der Waals surface area contributed by atoms with Gasteiger partial charge in [0, 0.05) is 0 Å². The van der Waals surface area contributed by atoms with E-state index in [0.29, 0.717) is 23.6 Å². The number of thioether (sulfide) groups is 1. The summed E-state index contributed by atoms with van der Waals surface area (Å²) in [5.74, 6) is 0.742. The van der Waals surface area contributed by atoms with Gasteiger partial charge >= 0.3 is 6.09 Å². The van der Waals surface area contributed by atoms with Gasteiger partial charge in [0.25, 0.3) is 0 Å². The third kappa shape index (κ3) is 4.95. The number of pyridine rings is 1. The van der Waals surface area contributed by atoms with E-state index in [9.17, 15) is 14.4 Å². The predicted molar refractivity (Wildman–Crippen MR) is 86.3 cm³/mol. The number of nitrogens with zero attached hydrogens (tertiary/aromatic N) is 2. The number of hydrogen-bond donors (Lipinski definition) is 1. The first-order valence-electron chi connectivity index (χ1n) is 7.12. The second-order valence-corrected chi connectivity index (χ2v) is 7.03. The van der Waals surface area contributed by atoms with Gasteiger partial charge in [-0.15, -0.1) is 11.8 Å². The van der Waals surface area contributed by atoms with Crippen LogP contribution >= 0.6 is 11.8 Å². The second-order valence-electron chi connectivity index (χ2n) is 6.01. The molecular weight excluding hydrogens is 318 g/mol. The highest BCUT2D eigenvalue weighted by Gasteiger charge is 2.23. The summed E-state index contributed by atoms with van der Waals surface area (Å²) in [5.41, 5.74) is -0.0780. The molecule has 7 nitrogen and oxygen atoms in total. The Balaban J connectivity index is 2.13. The van der Waals surface area contributed by atoms with Crippen LogP contribution in [-0.2, 0) is 20.9 Å². The molecule has 124 valence electrons. The summed E-state index contributed by atoms with van der Waals surface area (Å²) >= 11 is 1.41. The van der Waals surface area contributed by atoms with Gasteiger partial charge < -0.3 is 14.8 Å². The van der Waals surface area contributed by atoms with Gasteiger partial charge in [0.15, 0.2) is 0 Å². The Labute approximate surface area is 138 Å². The number of aromatic nitrogens is 1. The summed E-state index contributed by atoms with van der Waals surface area (Å²) in [6.07, 6.45) is 0.0579. The van der Waals surface area contributed by atoms with Crippen molar-refractivity contribution < 1.29 is 19.1 Å². The van der Waals surface area contributed by atoms with Gasteiger partial charge in [0.05, 0.1) is 29.4 Å². The van der Waals surface area contributed by atoms with Gasteiger partial charge in [-0.2, -0.15) is 0 Å². The van der Waals surface area contributed by atoms with Gasteiger partial charge in [0.1, 0.15) is 17.7 Å². The van der Waals surface area contributed by atoms with Crippen molar-refractivity contribution in [2.24, 2.45) is 0 Å². The first-order chi connectivity index (χ1) is 10.8. The molecule has 1 aromatic heterocycles. The number of carbonyl (C=O) groups is 3. The maximum atomic E-state index is 12.1. The van der Waals surface area contributed by atoms with Crippen LogP contribution in [0.2, 0.25) is 0 Å². The maximum absolute atomic E-state index is 12.1. The van der Waals surface area contributed by atoms with Crippen molar-refractivity contribution in [1.29, 1.82) is 0 Å². The molecule has 1 N–H and O–H groups in total. The topological polar surface area (TPSA) is 88.6 Å². The average molecular weight is 337 g/mol. The first-order valence-corrected chi connectivity index (χ1v) is 8.11. The number of amides is 2. The van der Waals surface area contributed by atoms with Gasteiger partial charge in [-0.3, -0.25) is 9.69 Å². The molecule has 8 heteroatoms. The molecule has 2 rings (SSSR count). The average Bonchev–Trinajstić information content (AvgIpc) is 2.44. The van der Waals surface area contributed by atoms with Crippen molar-refractivity contribution in [1.82, 2.24) is 9.88 Å². The smallest absolute Gasteiger partial charge is 0.411 e. The van der Waals surface area contributed by atoms with E-state index >= 15 is 0 Å². The van der Waals surface area contributed by atoms with E-state index in [1.54, 1.807) is 26.8 Å². The van der Waals surface area contributed by atoms with Crippen LogP contribution < -0.4 is 5.32 Å². The van der Waals surface area contributed by atoms with E-state index in [-0.39, 0.29) is 19.0 Å². The molecule has 0 aliphatic carbocycles. The van der Waals surface area contributed by atoms with Crippen LogP contribution in [-0.4, -0.2) is 46.1 Å². The number of ether oxygens (including phenoxy) is 1. The molecule has 1 aromatic rings. The van der Waals surface area contributed by atoms with E-state index in [1.807, 2.05) is 6.07 Å². The molecule has 0 spiro atoms. The third-order valence-electron chi connectivity index (χ3n) is 2.83. The summed E-state index contributed by atoms with van der Waals surface area (Å²) < 4.78 is 5.28. The molecule has 0 atom stereocenters. The molecule has 0 saturated carbocycles. The molecule has 0 bridgehead atoms. The number of aldehydes is 1. The van der Waals surface area contributed by atoms with Crippen LogP contribution in [0.5, 0.6) is 0 Å². The number of fused-ring (bicyclic) bond motifs is 1. The summed E-state index contributed by atoms with van der Waals surface area (Å²) in [6, 6.07) is 3.61. The summed E-state index contributed by atoms with van der Waals surface area (Å²) in [5, 5.41) is 2.70. The molecule has 2 heterocycles. The Hall–Kier alpha value is -2.09. The zero-order chi connectivity index (χ0) is 17.0. The molecule has 1 aliphatic rings. The molecule has 0 fully saturated rings. The van der Waals surface area contributed by atoms with Crippen LogP contribution in [0, 0.1) is 0 Å². The monoisotopic (exact) mass is 337 g/mol. The molecule has 0 aromatic carbocycles. The van der Waals surface area contributed by atoms with Crippen molar-refractivity contribution in [3.05, 3.63) is 17.8 Å². The predicted octanol–water partition coefficient (Wildman–Crippen LogP) is 2.06. The number of carbonyl (C=O) groups excluding carboxylic acids is 3. The number of hydrogen-bond acceptors (Lipinski definition) is 6. The lowest BCUT2D eigenvalue weighted by Gasteiger charge is -2.26. The van der Waals surface area contributed by atoms with E-state index in [2.05, 4.69) is 10.3 Å². The maximum Gasteiger partial charge on any atom is 0.411 e. The lowest BCUT2D eigenvalue weighted by molar-refractivity contribution is -0.114. The van der Waals surface area contributed by atoms with Crippen molar-refractivity contribution in [3.63, 3.8) is 0 Å². The van der Waals surface area contributed by atoms with Crippen molar-refractivity contribution in [2.45, 2.75) is 37.8 Å². The number of rotatable bonds is 4. The standard InChI is InChI=1S/C15H19N3O4S/c1-15(2,3)22-14(21)18(6-7-19)8-10-4-5-11-13(16-10)17-12(20)9-23-11/h4-5,7H,6,8-9H2,1-3H3,(H,16,17,20). The highest BCUT2D eigenvalue weighted by Crippen LogP contribution is 2.29. The zero-order valence-electron chi connectivity index (χ0n) is 13.3. The van der Waals surface area contributed by atoms with E-state index in [4.69, 9.17) is 4.74 Å². The third-order valence-corrected chi connectivity index (χ3v) is 3.88. The van der Waals surface area contributed by atoms with Crippen molar-refractivity contribution in [3.8, 4) is 0 Å². The number of nitrogens with one attached hydrogen (secondary N) is 1. The summed E-state index contributed by atoms with van der Waals surface area (Å²) in [6.45, 7) is 5.31. The Morgan fingerprint density at radius 1 is 1.48 bits per heavy atom. The van der Waals surface area contributed by atoms with Gasteiger partial charge in [-0.25, -0.2) is 9.78 Å². The van der Waals surface area contributed by atoms with Gasteiger partial charge in [0.2, 0.25) is 5.91 Å². The summed E-state index contributed by atoms with van der Waals surface area (Å²) in [7, 11) is 0. The lowest BCUT2D eigenvalue weighted by Crippen LogP contribution is -2.37. The minimum atomic E-state index is -0.647. The number of anilines is 1. The van der Waals surface area contributed by atoms with Crippen LogP contribution in [0.3, 0.4) is 0 Å². The Morgan fingerprint density at radius 3 is 2.87 bits per heavy atom. The SMILES string of the molecule is CC(C)(C)OC(=O)N(CC=O)Cc1ccc2c(n1)NC(=O)CS2. The van der Waals surface area contributed by atoms with Gasteiger partial charge in [-0.05, 0) is 32.9 Å². The normalized spacial score (nSPS) is 13.8. The quantitative estimate of drug-likeness (QED) is 0.846. The minimum Gasteiger partial charge on any atom is -0.444 e. The lowest BCUT2D eigenvalue weighted by atomic mass is 10.2. The molecule has 23 heavy (non-hydrogen) atoms. The zero-order valence-corrected chi connectivity index (χ0v) is 14.1. The first kappa shape index (κ1) is 17.3. The molecule has 1 aliphatic heterocycles. The molecule has 0 radical (unpaired) electrons. The highest BCUT2D eigenvalue weighted by molar-refractivity contribution is 8.00. The fourth-order valence-electron chi connectivity index (χ4n) is 1.91. The second kappa shape index (κ2) is 6.99. The van der Waals surface area contributed by atoms with Crippen LogP contribution in [0.4, 0.5) is 10.6 Å². The van der Waals surface area contributed by atoms with Crippen LogP contribution in [0.25, 0.3) is 0 Å². The molecule has 0 saturated heterocycles. The van der Waals surface area contributed by atoms with Crippen molar-refractivity contribution in [2.75, 3.05) is 17.6 Å². The molecular formula is C15H19N3O4S. The molecule has 2 amide bonds. The fraction of sp³-hybridized carbons (Fsp3) is 0.467. The Bertz CT molecular complexity index is 628. The molecule has 0 unspecified atom stereocenters. The fourth-order valence-corrected chi connectivity index (χ4v) is 2.66. The van der Waals surface area contributed by atoms with Crippen LogP contribution in [0.1, 0.15) is 26.5 Å². The highest BCUT2D eigenvalue weighted by atomic mass is 32.2. The Morgan fingerprint density at radius 2 is 2.22 bits per heavy atom. The Kier molecular flexibility index (Phi) is 5.25. The summed E-state index contributed by atoms with van der Waals surface area (Å²) in [4.78, 5) is 40.9. The van der Waals surface area contributed by atoms with E-state index in [0.717, 1.165) is 4.90 Å². The van der Waals surface area contributed by atoms with Crippen LogP contribution in [0.15, 0.2) is 17.0 Å². The minimum absolute atomic E-state index is 0.0885. The van der Waals surface area contributed by atoms with E-state index < -0.39 is 11.7 Å². The van der Waals surface area contributed by atoms with Gasteiger partial charge in [-0.1, -0.05) is 0 Å². The van der Waals surface area contributed by atoms with Crippen molar-refractivity contribution >= 4 is 35.9 Å². The van der Waals surface area contributed by atoms with E-state index in [1.165, 1.54) is 16.7 Å². The largest absolute Gasteiger partial charge is 0.444 e.